The number of furan rings is 1. The van der Waals surface area contributed by atoms with Gasteiger partial charge in [-0.25, -0.2) is 4.98 Å². The lowest BCUT2D eigenvalue weighted by molar-refractivity contribution is -0.244. The Morgan fingerprint density at radius 3 is 2.41 bits per heavy atom. The van der Waals surface area contributed by atoms with Gasteiger partial charge in [-0.2, -0.15) is 26.3 Å². The zero-order chi connectivity index (χ0) is 20.2. The smallest absolute Gasteiger partial charge is 0.425 e. The largest absolute Gasteiger partial charge is 0.462 e. The summed E-state index contributed by atoms with van der Waals surface area (Å²) in [5, 5.41) is 9.65. The van der Waals surface area contributed by atoms with Gasteiger partial charge in [0.05, 0.1) is 27.9 Å². The first-order valence-electron chi connectivity index (χ1n) is 7.15. The number of pyridine rings is 1. The van der Waals surface area contributed by atoms with Crippen molar-refractivity contribution in [2.24, 2.45) is 0 Å². The highest BCUT2D eigenvalue weighted by Gasteiger charge is 2.55. The lowest BCUT2D eigenvalue weighted by Gasteiger charge is -2.26. The Kier molecular flexibility index (Phi) is 4.31. The molecule has 3 aromatic heterocycles. The van der Waals surface area contributed by atoms with Gasteiger partial charge in [0.2, 0.25) is 5.60 Å². The number of hydrogen-bond acceptors (Lipinski definition) is 3. The van der Waals surface area contributed by atoms with Gasteiger partial charge >= 0.3 is 12.4 Å². The third kappa shape index (κ3) is 2.98. The fraction of sp³-hybridized carbons (Fsp3) is 0.188. The summed E-state index contributed by atoms with van der Waals surface area (Å²) >= 11 is 5.87. The summed E-state index contributed by atoms with van der Waals surface area (Å²) < 4.78 is 84.4. The molecule has 0 saturated heterocycles. The van der Waals surface area contributed by atoms with Crippen LogP contribution in [0.2, 0.25) is 5.02 Å². The molecule has 4 nitrogen and oxygen atoms in total. The second kappa shape index (κ2) is 6.03. The van der Waals surface area contributed by atoms with Crippen molar-refractivity contribution in [1.82, 2.24) is 9.55 Å². The van der Waals surface area contributed by atoms with Gasteiger partial charge in [-0.3, -0.25) is 4.57 Å². The van der Waals surface area contributed by atoms with E-state index in [1.165, 1.54) is 6.07 Å². The van der Waals surface area contributed by atoms with Gasteiger partial charge < -0.3 is 9.52 Å². The Bertz CT molecular complexity index is 1020. The summed E-state index contributed by atoms with van der Waals surface area (Å²) in [6, 6.07) is 1.85. The Hall–Kier alpha value is -2.46. The molecule has 0 fully saturated rings. The molecule has 11 heteroatoms. The number of halogens is 7. The first-order valence-corrected chi connectivity index (χ1v) is 7.53. The monoisotopic (exact) mass is 410 g/mol. The van der Waals surface area contributed by atoms with Crippen LogP contribution in [0.25, 0.3) is 16.9 Å². The van der Waals surface area contributed by atoms with Crippen LogP contribution in [0.4, 0.5) is 26.3 Å². The summed E-state index contributed by atoms with van der Waals surface area (Å²) in [6.45, 7) is 3.02. The van der Waals surface area contributed by atoms with Gasteiger partial charge in [0.15, 0.2) is 11.4 Å². The molecule has 0 aliphatic heterocycles. The predicted octanol–water partition coefficient (Wildman–Crippen LogP) is 5.23. The minimum atomic E-state index is -5.13. The Morgan fingerprint density at radius 2 is 1.89 bits per heavy atom. The van der Waals surface area contributed by atoms with Crippen LogP contribution >= 0.6 is 11.6 Å². The van der Waals surface area contributed by atoms with Crippen LogP contribution in [0.1, 0.15) is 11.1 Å². The summed E-state index contributed by atoms with van der Waals surface area (Å²) in [5.74, 6) is -0.268. The molecule has 1 N–H and O–H groups in total. The van der Waals surface area contributed by atoms with Crippen LogP contribution in [0.3, 0.4) is 0 Å². The SMILES string of the molecule is C=CC(O)(c1cn(-c2ncc(C(F)(F)F)cc2Cl)c2ccoc12)C(F)(F)F. The standard InChI is InChI=1S/C16H9ClF6N2O2/c1-2-14(26,16(21,22)23)9-7-25(11-3-4-27-12(9)11)13-10(17)5-8(6-24-13)15(18,19)20/h2-7,26H,1H2. The van der Waals surface area contributed by atoms with E-state index in [1.54, 1.807) is 0 Å². The van der Waals surface area contributed by atoms with Crippen LogP contribution in [-0.4, -0.2) is 20.8 Å². The van der Waals surface area contributed by atoms with Gasteiger partial charge in [-0.15, -0.1) is 0 Å². The van der Waals surface area contributed by atoms with E-state index in [-0.39, 0.29) is 23.0 Å². The first kappa shape index (κ1) is 19.3. The van der Waals surface area contributed by atoms with Crippen LogP contribution < -0.4 is 0 Å². The van der Waals surface area contributed by atoms with Gasteiger partial charge in [0, 0.05) is 18.5 Å². The Labute approximate surface area is 152 Å². The molecule has 3 rings (SSSR count). The number of alkyl halides is 6. The summed E-state index contributed by atoms with van der Waals surface area (Å²) in [6.07, 6.45) is -7.14. The molecule has 3 aromatic rings. The molecular weight excluding hydrogens is 402 g/mol. The molecule has 0 aliphatic rings. The molecule has 144 valence electrons. The molecular formula is C16H9ClF6N2O2. The number of nitrogens with zero attached hydrogens (tertiary/aromatic N) is 2. The van der Waals surface area contributed by atoms with E-state index < -0.39 is 34.1 Å². The highest BCUT2D eigenvalue weighted by molar-refractivity contribution is 6.32. The number of rotatable bonds is 3. The minimum Gasteiger partial charge on any atom is -0.462 e. The summed E-state index contributed by atoms with van der Waals surface area (Å²) in [5.41, 5.74) is -5.60. The van der Waals surface area contributed by atoms with Crippen molar-refractivity contribution in [2.45, 2.75) is 18.0 Å². The topological polar surface area (TPSA) is 51.2 Å². The molecule has 0 radical (unpaired) electrons. The van der Waals surface area contributed by atoms with Gasteiger partial charge in [0.25, 0.3) is 0 Å². The van der Waals surface area contributed by atoms with Gasteiger partial charge in [0.1, 0.15) is 0 Å². The Morgan fingerprint density at radius 1 is 1.22 bits per heavy atom. The first-order chi connectivity index (χ1) is 12.4. The molecule has 0 aliphatic carbocycles. The van der Waals surface area contributed by atoms with Crippen molar-refractivity contribution < 1.29 is 35.9 Å². The average Bonchev–Trinajstić information content (AvgIpc) is 3.14. The molecule has 0 aromatic carbocycles. The van der Waals surface area contributed by atoms with E-state index in [2.05, 4.69) is 11.6 Å². The predicted molar refractivity (Wildman–Crippen MR) is 83.5 cm³/mol. The Balaban J connectivity index is 2.24. The zero-order valence-electron chi connectivity index (χ0n) is 13.1. The molecule has 1 unspecified atom stereocenters. The molecule has 0 saturated carbocycles. The second-order valence-electron chi connectivity index (χ2n) is 5.54. The minimum absolute atomic E-state index is 0.0173. The van der Waals surface area contributed by atoms with Crippen molar-refractivity contribution in [3.63, 3.8) is 0 Å². The van der Waals surface area contributed by atoms with Crippen molar-refractivity contribution >= 4 is 22.7 Å². The number of aliphatic hydroxyl groups is 1. The van der Waals surface area contributed by atoms with Crippen LogP contribution in [-0.2, 0) is 11.8 Å². The molecule has 0 amide bonds. The number of aromatic nitrogens is 2. The van der Waals surface area contributed by atoms with Gasteiger partial charge in [-0.1, -0.05) is 18.2 Å². The van der Waals surface area contributed by atoms with E-state index in [1.807, 2.05) is 0 Å². The quantitative estimate of drug-likeness (QED) is 0.475. The molecule has 0 spiro atoms. The zero-order valence-corrected chi connectivity index (χ0v) is 13.8. The maximum absolute atomic E-state index is 13.4. The fourth-order valence-electron chi connectivity index (χ4n) is 2.54. The lowest BCUT2D eigenvalue weighted by Crippen LogP contribution is -2.40. The van der Waals surface area contributed by atoms with Crippen molar-refractivity contribution in [3.8, 4) is 5.82 Å². The number of fused-ring (bicyclic) bond motifs is 1. The summed E-state index contributed by atoms with van der Waals surface area (Å²) in [7, 11) is 0. The normalized spacial score (nSPS) is 15.1. The molecule has 1 atom stereocenters. The molecule has 0 bridgehead atoms. The van der Waals surface area contributed by atoms with E-state index >= 15 is 0 Å². The van der Waals surface area contributed by atoms with E-state index in [0.717, 1.165) is 17.0 Å². The van der Waals surface area contributed by atoms with Crippen LogP contribution in [0.5, 0.6) is 0 Å². The van der Waals surface area contributed by atoms with Crippen molar-refractivity contribution in [1.29, 1.82) is 0 Å². The summed E-state index contributed by atoms with van der Waals surface area (Å²) in [4.78, 5) is 3.61. The highest BCUT2D eigenvalue weighted by Crippen LogP contribution is 2.44. The fourth-order valence-corrected chi connectivity index (χ4v) is 2.80. The van der Waals surface area contributed by atoms with Gasteiger partial charge in [-0.05, 0) is 12.1 Å². The molecule has 27 heavy (non-hydrogen) atoms. The van der Waals surface area contributed by atoms with Crippen LogP contribution in [0, 0.1) is 0 Å². The van der Waals surface area contributed by atoms with E-state index in [0.29, 0.717) is 12.3 Å². The van der Waals surface area contributed by atoms with Crippen molar-refractivity contribution in [3.05, 3.63) is 59.6 Å². The lowest BCUT2D eigenvalue weighted by atomic mass is 9.95. The molecule has 3 heterocycles. The third-order valence-electron chi connectivity index (χ3n) is 3.92. The second-order valence-corrected chi connectivity index (χ2v) is 5.95. The van der Waals surface area contributed by atoms with Crippen molar-refractivity contribution in [2.75, 3.05) is 0 Å². The van der Waals surface area contributed by atoms with E-state index in [4.69, 9.17) is 16.0 Å². The average molecular weight is 411 g/mol. The maximum atomic E-state index is 13.4. The number of hydrogen-bond donors (Lipinski definition) is 1. The van der Waals surface area contributed by atoms with E-state index in [9.17, 15) is 31.4 Å². The van der Waals surface area contributed by atoms with Crippen LogP contribution in [0.15, 0.2) is 47.9 Å². The maximum Gasteiger partial charge on any atom is 0.425 e. The third-order valence-corrected chi connectivity index (χ3v) is 4.20. The highest BCUT2D eigenvalue weighted by atomic mass is 35.5.